The van der Waals surface area contributed by atoms with Gasteiger partial charge in [-0.05, 0) is 37.5 Å². The Morgan fingerprint density at radius 3 is 2.60 bits per heavy atom. The molecule has 0 spiro atoms. The van der Waals surface area contributed by atoms with Gasteiger partial charge in [0.15, 0.2) is 5.69 Å². The zero-order valence-electron chi connectivity index (χ0n) is 12.0. The van der Waals surface area contributed by atoms with Gasteiger partial charge in [-0.2, -0.15) is 0 Å². The molecule has 1 heterocycles. The van der Waals surface area contributed by atoms with Crippen LogP contribution in [-0.2, 0) is 6.42 Å². The predicted octanol–water partition coefficient (Wildman–Crippen LogP) is 3.97. The first-order valence-electron chi connectivity index (χ1n) is 7.02. The average Bonchev–Trinajstić information content (AvgIpc) is 2.88. The smallest absolute Gasteiger partial charge is 0.277 e. The molecule has 1 aromatic carbocycles. The number of nitrogens with one attached hydrogen (secondary N) is 1. The number of nitrogens with zero attached hydrogens (tertiary/aromatic N) is 1. The van der Waals surface area contributed by atoms with Crippen LogP contribution < -0.4 is 5.32 Å². The van der Waals surface area contributed by atoms with Gasteiger partial charge in [-0.3, -0.25) is 4.79 Å². The molecule has 0 saturated carbocycles. The highest BCUT2D eigenvalue weighted by Crippen LogP contribution is 2.13. The lowest BCUT2D eigenvalue weighted by Crippen LogP contribution is -2.12. The molecule has 0 aliphatic rings. The third-order valence-corrected chi connectivity index (χ3v) is 3.14. The lowest BCUT2D eigenvalue weighted by atomic mass is 10.1. The first kappa shape index (κ1) is 14.3. The summed E-state index contributed by atoms with van der Waals surface area (Å²) in [7, 11) is 0. The summed E-state index contributed by atoms with van der Waals surface area (Å²) in [6, 6.07) is 9.57. The van der Waals surface area contributed by atoms with E-state index in [1.165, 1.54) is 24.8 Å². The van der Waals surface area contributed by atoms with Crippen molar-refractivity contribution in [3.63, 3.8) is 0 Å². The average molecular weight is 272 g/mol. The summed E-state index contributed by atoms with van der Waals surface area (Å²) < 4.78 is 4.89. The van der Waals surface area contributed by atoms with Crippen LogP contribution in [0.25, 0.3) is 0 Å². The largest absolute Gasteiger partial charge is 0.361 e. The maximum Gasteiger partial charge on any atom is 0.277 e. The molecule has 0 atom stereocenters. The molecule has 4 nitrogen and oxygen atoms in total. The Balaban J connectivity index is 1.91. The molecule has 2 aromatic rings. The summed E-state index contributed by atoms with van der Waals surface area (Å²) in [6.07, 6.45) is 4.78. The number of hydrogen-bond donors (Lipinski definition) is 1. The Labute approximate surface area is 119 Å². The van der Waals surface area contributed by atoms with Crippen molar-refractivity contribution >= 4 is 11.6 Å². The van der Waals surface area contributed by atoms with Crippen molar-refractivity contribution in [1.82, 2.24) is 5.16 Å². The number of hydrogen-bond acceptors (Lipinski definition) is 3. The van der Waals surface area contributed by atoms with Crippen LogP contribution in [-0.4, -0.2) is 11.1 Å². The van der Waals surface area contributed by atoms with Crippen molar-refractivity contribution in [3.8, 4) is 0 Å². The lowest BCUT2D eigenvalue weighted by Gasteiger charge is -2.05. The molecule has 4 heteroatoms. The summed E-state index contributed by atoms with van der Waals surface area (Å²) in [5.41, 5.74) is 2.37. The number of carbonyl (C=O) groups is 1. The van der Waals surface area contributed by atoms with E-state index in [1.807, 2.05) is 12.1 Å². The van der Waals surface area contributed by atoms with Gasteiger partial charge >= 0.3 is 0 Å². The normalized spacial score (nSPS) is 10.5. The Kier molecular flexibility index (Phi) is 4.93. The third kappa shape index (κ3) is 3.95. The molecule has 0 saturated heterocycles. The lowest BCUT2D eigenvalue weighted by molar-refractivity contribution is 0.101. The maximum atomic E-state index is 11.9. The van der Waals surface area contributed by atoms with Gasteiger partial charge in [-0.15, -0.1) is 0 Å². The highest BCUT2D eigenvalue weighted by atomic mass is 16.5. The number of amides is 1. The van der Waals surface area contributed by atoms with Gasteiger partial charge in [0.25, 0.3) is 5.91 Å². The Hall–Kier alpha value is -2.10. The van der Waals surface area contributed by atoms with E-state index in [-0.39, 0.29) is 5.91 Å². The van der Waals surface area contributed by atoms with Crippen molar-refractivity contribution in [1.29, 1.82) is 0 Å². The molecule has 0 unspecified atom stereocenters. The summed E-state index contributed by atoms with van der Waals surface area (Å²) >= 11 is 0. The van der Waals surface area contributed by atoms with E-state index in [0.717, 1.165) is 12.1 Å². The first-order valence-corrected chi connectivity index (χ1v) is 7.02. The van der Waals surface area contributed by atoms with E-state index in [2.05, 4.69) is 29.5 Å². The minimum Gasteiger partial charge on any atom is -0.361 e. The van der Waals surface area contributed by atoms with Gasteiger partial charge in [-0.25, -0.2) is 0 Å². The molecule has 1 N–H and O–H groups in total. The van der Waals surface area contributed by atoms with Gasteiger partial charge in [0.05, 0.1) is 0 Å². The van der Waals surface area contributed by atoms with E-state index in [0.29, 0.717) is 11.5 Å². The maximum absolute atomic E-state index is 11.9. The van der Waals surface area contributed by atoms with Crippen molar-refractivity contribution < 1.29 is 9.32 Å². The van der Waals surface area contributed by atoms with Crippen molar-refractivity contribution in [2.45, 2.75) is 39.5 Å². The molecule has 0 radical (unpaired) electrons. The van der Waals surface area contributed by atoms with Crippen LogP contribution in [0.1, 0.15) is 48.0 Å². The van der Waals surface area contributed by atoms with Crippen molar-refractivity contribution in [3.05, 3.63) is 47.3 Å². The monoisotopic (exact) mass is 272 g/mol. The number of rotatable bonds is 6. The summed E-state index contributed by atoms with van der Waals surface area (Å²) in [5.74, 6) is 0.377. The van der Waals surface area contributed by atoms with Crippen LogP contribution >= 0.6 is 0 Å². The van der Waals surface area contributed by atoms with Gasteiger partial charge in [0, 0.05) is 11.8 Å². The van der Waals surface area contributed by atoms with Gasteiger partial charge in [0.2, 0.25) is 0 Å². The van der Waals surface area contributed by atoms with Crippen molar-refractivity contribution in [2.24, 2.45) is 0 Å². The third-order valence-electron chi connectivity index (χ3n) is 3.14. The minimum absolute atomic E-state index is 0.249. The number of aryl methyl sites for hydroxylation is 2. The fourth-order valence-corrected chi connectivity index (χ4v) is 2.00. The second kappa shape index (κ2) is 6.89. The summed E-state index contributed by atoms with van der Waals surface area (Å²) in [5, 5.41) is 6.50. The molecule has 0 aliphatic heterocycles. The van der Waals surface area contributed by atoms with E-state index in [4.69, 9.17) is 4.52 Å². The van der Waals surface area contributed by atoms with Gasteiger partial charge < -0.3 is 9.84 Å². The summed E-state index contributed by atoms with van der Waals surface area (Å²) in [4.78, 5) is 11.9. The molecule has 2 rings (SSSR count). The molecule has 1 amide bonds. The minimum atomic E-state index is -0.249. The zero-order chi connectivity index (χ0) is 14.4. The SMILES string of the molecule is CCCCCc1ccc(NC(=O)c2cc(C)on2)cc1. The van der Waals surface area contributed by atoms with E-state index in [1.54, 1.807) is 13.0 Å². The number of anilines is 1. The number of unbranched alkanes of at least 4 members (excludes halogenated alkanes) is 2. The highest BCUT2D eigenvalue weighted by Gasteiger charge is 2.10. The fourth-order valence-electron chi connectivity index (χ4n) is 2.00. The molecule has 0 fully saturated rings. The molecular weight excluding hydrogens is 252 g/mol. The standard InChI is InChI=1S/C16H20N2O2/c1-3-4-5-6-13-7-9-14(10-8-13)17-16(19)15-11-12(2)20-18-15/h7-11H,3-6H2,1-2H3,(H,17,19). The van der Waals surface area contributed by atoms with Crippen LogP contribution in [0, 0.1) is 6.92 Å². The molecule has 0 aliphatic carbocycles. The second-order valence-electron chi connectivity index (χ2n) is 4.93. The predicted molar refractivity (Wildman–Crippen MR) is 78.9 cm³/mol. The molecular formula is C16H20N2O2. The van der Waals surface area contributed by atoms with Crippen LogP contribution in [0.4, 0.5) is 5.69 Å². The second-order valence-corrected chi connectivity index (χ2v) is 4.93. The summed E-state index contributed by atoms with van der Waals surface area (Å²) in [6.45, 7) is 3.96. The quantitative estimate of drug-likeness (QED) is 0.809. The van der Waals surface area contributed by atoms with Crippen molar-refractivity contribution in [2.75, 3.05) is 5.32 Å². The van der Waals surface area contributed by atoms with Gasteiger partial charge in [0.1, 0.15) is 5.76 Å². The van der Waals surface area contributed by atoms with E-state index >= 15 is 0 Å². The molecule has 1 aromatic heterocycles. The van der Waals surface area contributed by atoms with Crippen LogP contribution in [0.3, 0.4) is 0 Å². The van der Waals surface area contributed by atoms with E-state index < -0.39 is 0 Å². The zero-order valence-corrected chi connectivity index (χ0v) is 12.0. The Bertz CT molecular complexity index is 558. The van der Waals surface area contributed by atoms with Crippen LogP contribution in [0.2, 0.25) is 0 Å². The number of benzene rings is 1. The number of aromatic nitrogens is 1. The molecule has 106 valence electrons. The van der Waals surface area contributed by atoms with Crippen LogP contribution in [0.15, 0.2) is 34.9 Å². The molecule has 0 bridgehead atoms. The number of carbonyl (C=O) groups excluding carboxylic acids is 1. The topological polar surface area (TPSA) is 55.1 Å². The van der Waals surface area contributed by atoms with E-state index in [9.17, 15) is 4.79 Å². The first-order chi connectivity index (χ1) is 9.69. The van der Waals surface area contributed by atoms with Gasteiger partial charge in [-0.1, -0.05) is 37.1 Å². The van der Waals surface area contributed by atoms with Crippen LogP contribution in [0.5, 0.6) is 0 Å². The molecule has 20 heavy (non-hydrogen) atoms. The fraction of sp³-hybridized carbons (Fsp3) is 0.375. The highest BCUT2D eigenvalue weighted by molar-refractivity contribution is 6.02. The Morgan fingerprint density at radius 1 is 1.25 bits per heavy atom. The Morgan fingerprint density at radius 2 is 2.00 bits per heavy atom.